The molecule has 0 saturated carbocycles. The summed E-state index contributed by atoms with van der Waals surface area (Å²) < 4.78 is 12.4. The van der Waals surface area contributed by atoms with Crippen molar-refractivity contribution in [3.63, 3.8) is 0 Å². The highest BCUT2D eigenvalue weighted by Crippen LogP contribution is 1.94. The second kappa shape index (κ2) is 2.53. The zero-order chi connectivity index (χ0) is 8.43. The zero-order valence-corrected chi connectivity index (χ0v) is 5.43. The maximum atomic E-state index is 12.4. The summed E-state index contributed by atoms with van der Waals surface area (Å²) in [6, 6.07) is 0.793. The molecule has 0 radical (unpaired) electrons. The number of nitrogens with one attached hydrogen (secondary N) is 1. The minimum absolute atomic E-state index is 0.0536. The van der Waals surface area contributed by atoms with Gasteiger partial charge in [0.05, 0.1) is 5.56 Å². The van der Waals surface area contributed by atoms with Crippen LogP contribution >= 0.6 is 0 Å². The van der Waals surface area contributed by atoms with Crippen LogP contribution in [0.1, 0.15) is 10.4 Å². The quantitative estimate of drug-likeness (QED) is 0.581. The molecule has 1 amide bonds. The number of pyridine rings is 1. The topological polar surface area (TPSA) is 76.0 Å². The minimum Gasteiger partial charge on any atom is -0.366 e. The molecule has 1 rings (SSSR count). The summed E-state index contributed by atoms with van der Waals surface area (Å²) in [7, 11) is 0. The minimum atomic E-state index is -1.01. The molecule has 0 aliphatic heterocycles. The first kappa shape index (κ1) is 7.46. The van der Waals surface area contributed by atoms with Crippen molar-refractivity contribution < 1.29 is 9.18 Å². The van der Waals surface area contributed by atoms with E-state index >= 15 is 0 Å². The lowest BCUT2D eigenvalue weighted by Crippen LogP contribution is -2.16. The molecule has 11 heavy (non-hydrogen) atoms. The summed E-state index contributed by atoms with van der Waals surface area (Å²) in [5.74, 6) is -1.79. The van der Waals surface area contributed by atoms with E-state index in [2.05, 4.69) is 0 Å². The number of H-pyrrole nitrogens is 1. The molecule has 1 aromatic heterocycles. The lowest BCUT2D eigenvalue weighted by atomic mass is 10.3. The van der Waals surface area contributed by atoms with Crippen LogP contribution < -0.4 is 11.3 Å². The van der Waals surface area contributed by atoms with Crippen molar-refractivity contribution in [2.24, 2.45) is 5.73 Å². The number of aromatic nitrogens is 1. The van der Waals surface area contributed by atoms with Crippen molar-refractivity contribution in [1.29, 1.82) is 0 Å². The average molecular weight is 156 g/mol. The normalized spacial score (nSPS) is 9.55. The van der Waals surface area contributed by atoms with Gasteiger partial charge in [-0.2, -0.15) is 0 Å². The van der Waals surface area contributed by atoms with E-state index in [1.807, 2.05) is 4.98 Å². The SMILES string of the molecule is NC(=O)c1c[nH]c(=O)c(F)c1. The lowest BCUT2D eigenvalue weighted by molar-refractivity contribution is 0.0999. The molecule has 0 unspecified atom stereocenters. The Labute approximate surface area is 60.8 Å². The van der Waals surface area contributed by atoms with Crippen molar-refractivity contribution in [2.45, 2.75) is 0 Å². The largest absolute Gasteiger partial charge is 0.366 e. The van der Waals surface area contributed by atoms with Crippen molar-refractivity contribution in [3.8, 4) is 0 Å². The van der Waals surface area contributed by atoms with Gasteiger partial charge >= 0.3 is 0 Å². The van der Waals surface area contributed by atoms with Gasteiger partial charge in [-0.05, 0) is 6.07 Å². The van der Waals surface area contributed by atoms with Crippen LogP contribution in [0.4, 0.5) is 4.39 Å². The summed E-state index contributed by atoms with van der Waals surface area (Å²) in [5, 5.41) is 0. The van der Waals surface area contributed by atoms with Crippen molar-refractivity contribution >= 4 is 5.91 Å². The summed E-state index contributed by atoms with van der Waals surface area (Å²) in [6.07, 6.45) is 1.06. The molecule has 3 N–H and O–H groups in total. The van der Waals surface area contributed by atoms with Gasteiger partial charge in [0.25, 0.3) is 5.56 Å². The Morgan fingerprint density at radius 3 is 2.73 bits per heavy atom. The molecule has 0 aliphatic rings. The molecule has 0 saturated heterocycles. The molecule has 4 nitrogen and oxygen atoms in total. The highest BCUT2D eigenvalue weighted by Gasteiger charge is 2.03. The van der Waals surface area contributed by atoms with E-state index in [0.29, 0.717) is 0 Å². The van der Waals surface area contributed by atoms with Crippen molar-refractivity contribution in [3.05, 3.63) is 34.0 Å². The van der Waals surface area contributed by atoms with Gasteiger partial charge in [-0.3, -0.25) is 9.59 Å². The molecular weight excluding hydrogens is 151 g/mol. The summed E-state index contributed by atoms with van der Waals surface area (Å²) >= 11 is 0. The Bertz CT molecular complexity index is 345. The van der Waals surface area contributed by atoms with Gasteiger partial charge in [0.2, 0.25) is 5.91 Å². The van der Waals surface area contributed by atoms with Gasteiger partial charge in [-0.1, -0.05) is 0 Å². The van der Waals surface area contributed by atoms with E-state index in [4.69, 9.17) is 5.73 Å². The van der Waals surface area contributed by atoms with Crippen LogP contribution in [-0.4, -0.2) is 10.9 Å². The average Bonchev–Trinajstić information content (AvgIpc) is 1.94. The van der Waals surface area contributed by atoms with Crippen LogP contribution in [0.25, 0.3) is 0 Å². The van der Waals surface area contributed by atoms with Gasteiger partial charge in [-0.25, -0.2) is 4.39 Å². The second-order valence-corrected chi connectivity index (χ2v) is 1.93. The van der Waals surface area contributed by atoms with Crippen LogP contribution in [0.2, 0.25) is 0 Å². The first-order chi connectivity index (χ1) is 5.11. The van der Waals surface area contributed by atoms with Crippen LogP contribution in [0.3, 0.4) is 0 Å². The maximum Gasteiger partial charge on any atom is 0.283 e. The molecule has 0 aromatic carbocycles. The third kappa shape index (κ3) is 1.43. The summed E-state index contributed by atoms with van der Waals surface area (Å²) in [5.41, 5.74) is 3.89. The Morgan fingerprint density at radius 1 is 1.64 bits per heavy atom. The monoisotopic (exact) mass is 156 g/mol. The van der Waals surface area contributed by atoms with E-state index in [9.17, 15) is 14.0 Å². The fourth-order valence-electron chi connectivity index (χ4n) is 0.598. The lowest BCUT2D eigenvalue weighted by Gasteiger charge is -1.92. The fraction of sp³-hybridized carbons (Fsp3) is 0. The Hall–Kier alpha value is -1.65. The van der Waals surface area contributed by atoms with Crippen molar-refractivity contribution in [2.75, 3.05) is 0 Å². The molecule has 0 atom stereocenters. The van der Waals surface area contributed by atoms with Gasteiger partial charge in [0, 0.05) is 6.20 Å². The first-order valence-corrected chi connectivity index (χ1v) is 2.79. The number of rotatable bonds is 1. The number of aromatic amines is 1. The van der Waals surface area contributed by atoms with E-state index in [0.717, 1.165) is 12.3 Å². The van der Waals surface area contributed by atoms with Crippen LogP contribution in [-0.2, 0) is 0 Å². The molecule has 0 fully saturated rings. The van der Waals surface area contributed by atoms with Gasteiger partial charge in [0.1, 0.15) is 0 Å². The number of hydrogen-bond donors (Lipinski definition) is 2. The molecule has 5 heteroatoms. The van der Waals surface area contributed by atoms with E-state index in [1.165, 1.54) is 0 Å². The number of carbonyl (C=O) groups excluding carboxylic acids is 1. The number of halogens is 1. The predicted octanol–water partition coefficient (Wildman–Crippen LogP) is -0.387. The number of nitrogens with two attached hydrogens (primary N) is 1. The van der Waals surface area contributed by atoms with Gasteiger partial charge in [0.15, 0.2) is 5.82 Å². The standard InChI is InChI=1S/C6H5FN2O2/c7-4-1-3(5(8)10)2-9-6(4)11/h1-2H,(H2,8,10)(H,9,11). The molecule has 58 valence electrons. The molecule has 1 heterocycles. The van der Waals surface area contributed by atoms with Gasteiger partial charge in [-0.15, -0.1) is 0 Å². The third-order valence-electron chi connectivity index (χ3n) is 1.14. The van der Waals surface area contributed by atoms with E-state index in [-0.39, 0.29) is 5.56 Å². The smallest absolute Gasteiger partial charge is 0.283 e. The zero-order valence-electron chi connectivity index (χ0n) is 5.43. The first-order valence-electron chi connectivity index (χ1n) is 2.79. The second-order valence-electron chi connectivity index (χ2n) is 1.93. The summed E-state index contributed by atoms with van der Waals surface area (Å²) in [4.78, 5) is 22.8. The molecular formula is C6H5FN2O2. The van der Waals surface area contributed by atoms with Gasteiger partial charge < -0.3 is 10.7 Å². The maximum absolute atomic E-state index is 12.4. The Balaban J connectivity index is 3.26. The summed E-state index contributed by atoms with van der Waals surface area (Å²) in [6.45, 7) is 0. The number of primary amides is 1. The van der Waals surface area contributed by atoms with Crippen LogP contribution in [0.15, 0.2) is 17.1 Å². The molecule has 0 aliphatic carbocycles. The fourth-order valence-corrected chi connectivity index (χ4v) is 0.598. The molecule has 1 aromatic rings. The Kier molecular flexibility index (Phi) is 1.72. The number of carbonyl (C=O) groups is 1. The van der Waals surface area contributed by atoms with Crippen LogP contribution in [0, 0.1) is 5.82 Å². The molecule has 0 spiro atoms. The van der Waals surface area contributed by atoms with E-state index in [1.54, 1.807) is 0 Å². The van der Waals surface area contributed by atoms with Crippen molar-refractivity contribution in [1.82, 2.24) is 4.98 Å². The highest BCUT2D eigenvalue weighted by molar-refractivity contribution is 5.92. The molecule has 0 bridgehead atoms. The van der Waals surface area contributed by atoms with Crippen LogP contribution in [0.5, 0.6) is 0 Å². The predicted molar refractivity (Wildman–Crippen MR) is 35.5 cm³/mol. The third-order valence-corrected chi connectivity index (χ3v) is 1.14. The number of amides is 1. The van der Waals surface area contributed by atoms with E-state index < -0.39 is 17.3 Å². The number of hydrogen-bond acceptors (Lipinski definition) is 2. The highest BCUT2D eigenvalue weighted by atomic mass is 19.1. The Morgan fingerprint density at radius 2 is 2.27 bits per heavy atom.